The lowest BCUT2D eigenvalue weighted by Crippen LogP contribution is -2.23. The Hall–Kier alpha value is -2.84. The molecule has 0 aliphatic carbocycles. The van der Waals surface area contributed by atoms with Gasteiger partial charge in [0.2, 0.25) is 0 Å². The molecule has 0 fully saturated rings. The number of carbonyl (C=O) groups is 1. The van der Waals surface area contributed by atoms with Crippen LogP contribution in [0.1, 0.15) is 27.2 Å². The van der Waals surface area contributed by atoms with Crippen molar-refractivity contribution in [2.24, 2.45) is 0 Å². The van der Waals surface area contributed by atoms with Gasteiger partial charge in [0.15, 0.2) is 11.5 Å². The van der Waals surface area contributed by atoms with Crippen LogP contribution in [0.25, 0.3) is 0 Å². The van der Waals surface area contributed by atoms with Gasteiger partial charge in [-0.25, -0.2) is 4.68 Å². The van der Waals surface area contributed by atoms with E-state index in [1.165, 1.54) is 23.9 Å². The Labute approximate surface area is 187 Å². The molecule has 3 rings (SSSR count). The zero-order chi connectivity index (χ0) is 22.5. The molecule has 0 aliphatic rings. The number of hydrogen-bond donors (Lipinski definition) is 1. The number of halogens is 4. The predicted molar refractivity (Wildman–Crippen MR) is 113 cm³/mol. The number of rotatable bonds is 8. The molecule has 0 radical (unpaired) electrons. The van der Waals surface area contributed by atoms with E-state index in [0.717, 1.165) is 5.56 Å². The van der Waals surface area contributed by atoms with Crippen LogP contribution >= 0.6 is 23.2 Å². The molecule has 3 aromatic rings. The number of alkyl halides is 2. The first-order chi connectivity index (χ1) is 14.8. The first-order valence-corrected chi connectivity index (χ1v) is 9.92. The molecule has 164 valence electrons. The molecule has 0 saturated heterocycles. The molecule has 6 nitrogen and oxygen atoms in total. The van der Waals surface area contributed by atoms with Crippen LogP contribution in [0.2, 0.25) is 10.2 Å². The largest absolute Gasteiger partial charge is 0.493 e. The zero-order valence-corrected chi connectivity index (χ0v) is 18.2. The highest BCUT2D eigenvalue weighted by Crippen LogP contribution is 2.29. The van der Waals surface area contributed by atoms with Gasteiger partial charge in [-0.15, -0.1) is 0 Å². The molecule has 0 unspecified atom stereocenters. The number of methoxy groups -OCH3 is 1. The molecule has 1 aromatic heterocycles. The Morgan fingerprint density at radius 1 is 1.19 bits per heavy atom. The lowest BCUT2D eigenvalue weighted by atomic mass is 10.2. The number of ether oxygens (including phenoxy) is 2. The van der Waals surface area contributed by atoms with Crippen molar-refractivity contribution in [2.45, 2.75) is 26.6 Å². The fraction of sp³-hybridized carbons (Fsp3) is 0.238. The highest BCUT2D eigenvalue weighted by Gasteiger charge is 2.21. The third-order valence-electron chi connectivity index (χ3n) is 4.47. The van der Waals surface area contributed by atoms with Crippen molar-refractivity contribution in [2.75, 3.05) is 7.11 Å². The van der Waals surface area contributed by atoms with Gasteiger partial charge < -0.3 is 14.8 Å². The molecule has 1 heterocycles. The third kappa shape index (κ3) is 5.45. The minimum absolute atomic E-state index is 0.0904. The van der Waals surface area contributed by atoms with Gasteiger partial charge in [-0.05, 0) is 36.2 Å². The van der Waals surface area contributed by atoms with Crippen LogP contribution in [0, 0.1) is 6.92 Å². The first kappa shape index (κ1) is 22.8. The van der Waals surface area contributed by atoms with Gasteiger partial charge >= 0.3 is 6.61 Å². The molecule has 0 aliphatic heterocycles. The number of aromatic nitrogens is 2. The summed E-state index contributed by atoms with van der Waals surface area (Å²) in [5.41, 5.74) is 2.16. The quantitative estimate of drug-likeness (QED) is 0.499. The van der Waals surface area contributed by atoms with Crippen molar-refractivity contribution in [3.8, 4) is 11.5 Å². The molecule has 0 spiro atoms. The minimum atomic E-state index is -2.97. The average molecular weight is 470 g/mol. The Bertz CT molecular complexity index is 1090. The van der Waals surface area contributed by atoms with Crippen LogP contribution < -0.4 is 14.8 Å². The first-order valence-electron chi connectivity index (χ1n) is 9.16. The molecule has 1 N–H and O–H groups in total. The summed E-state index contributed by atoms with van der Waals surface area (Å²) >= 11 is 12.6. The van der Waals surface area contributed by atoms with Gasteiger partial charge in [-0.2, -0.15) is 13.9 Å². The van der Waals surface area contributed by atoms with E-state index < -0.39 is 12.5 Å². The summed E-state index contributed by atoms with van der Waals surface area (Å²) < 4.78 is 35.9. The van der Waals surface area contributed by atoms with Gasteiger partial charge in [-0.3, -0.25) is 4.79 Å². The van der Waals surface area contributed by atoms with Gasteiger partial charge in [0.1, 0.15) is 5.15 Å². The van der Waals surface area contributed by atoms with Crippen LogP contribution in [0.3, 0.4) is 0 Å². The number of nitrogens with one attached hydrogen (secondary N) is 1. The normalized spacial score (nSPS) is 10.9. The maximum atomic E-state index is 12.7. The molecule has 0 saturated carbocycles. The van der Waals surface area contributed by atoms with Gasteiger partial charge in [0.25, 0.3) is 5.91 Å². The second-order valence-electron chi connectivity index (χ2n) is 6.55. The molecular formula is C21H19Cl2F2N3O3. The summed E-state index contributed by atoms with van der Waals surface area (Å²) in [4.78, 5) is 12.7. The van der Waals surface area contributed by atoms with Crippen LogP contribution in [0.15, 0.2) is 42.5 Å². The van der Waals surface area contributed by atoms with Crippen molar-refractivity contribution >= 4 is 29.1 Å². The monoisotopic (exact) mass is 469 g/mol. The van der Waals surface area contributed by atoms with E-state index in [-0.39, 0.29) is 28.8 Å². The summed E-state index contributed by atoms with van der Waals surface area (Å²) in [6.45, 7) is -0.846. The molecule has 10 heteroatoms. The predicted octanol–water partition coefficient (Wildman–Crippen LogP) is 5.09. The third-order valence-corrected chi connectivity index (χ3v) is 5.22. The standard InChI is InChI=1S/C21H19Cl2F2N3O3/c1-12-18(19(23)28(27-12)11-14-5-3-4-6-15(14)22)20(29)26-10-13-7-8-16(31-21(24)25)17(9-13)30-2/h3-9,21H,10-11H2,1-2H3,(H,26,29). The molecular weight excluding hydrogens is 451 g/mol. The van der Waals surface area contributed by atoms with Crippen molar-refractivity contribution in [3.05, 3.63) is 75.0 Å². The molecule has 0 atom stereocenters. The van der Waals surface area contributed by atoms with E-state index in [4.69, 9.17) is 27.9 Å². The lowest BCUT2D eigenvalue weighted by molar-refractivity contribution is -0.0512. The molecule has 1 amide bonds. The number of benzene rings is 2. The highest BCUT2D eigenvalue weighted by atomic mass is 35.5. The van der Waals surface area contributed by atoms with Crippen molar-refractivity contribution in [1.82, 2.24) is 15.1 Å². The Balaban J connectivity index is 1.72. The fourth-order valence-corrected chi connectivity index (χ4v) is 3.51. The summed E-state index contributed by atoms with van der Waals surface area (Å²) in [5.74, 6) is -0.374. The van der Waals surface area contributed by atoms with Gasteiger partial charge in [0, 0.05) is 11.6 Å². The SMILES string of the molecule is COc1cc(CNC(=O)c2c(C)nn(Cc3ccccc3Cl)c2Cl)ccc1OC(F)F. The van der Waals surface area contributed by atoms with E-state index in [1.807, 2.05) is 18.2 Å². The number of aryl methyl sites for hydroxylation is 1. The van der Waals surface area contributed by atoms with E-state index in [1.54, 1.807) is 19.1 Å². The maximum Gasteiger partial charge on any atom is 0.387 e. The van der Waals surface area contributed by atoms with E-state index in [9.17, 15) is 13.6 Å². The summed E-state index contributed by atoms with van der Waals surface area (Å²) in [6, 6.07) is 11.7. The van der Waals surface area contributed by atoms with Gasteiger partial charge in [0.05, 0.1) is 24.9 Å². The molecule has 0 bridgehead atoms. The van der Waals surface area contributed by atoms with Crippen molar-refractivity contribution < 1.29 is 23.0 Å². The number of amides is 1. The highest BCUT2D eigenvalue weighted by molar-refractivity contribution is 6.33. The van der Waals surface area contributed by atoms with E-state index >= 15 is 0 Å². The summed E-state index contributed by atoms with van der Waals surface area (Å²) in [7, 11) is 1.34. The van der Waals surface area contributed by atoms with Crippen molar-refractivity contribution in [3.63, 3.8) is 0 Å². The Morgan fingerprint density at radius 3 is 2.61 bits per heavy atom. The smallest absolute Gasteiger partial charge is 0.387 e. The van der Waals surface area contributed by atoms with Crippen LogP contribution in [-0.4, -0.2) is 29.4 Å². The van der Waals surface area contributed by atoms with Crippen molar-refractivity contribution in [1.29, 1.82) is 0 Å². The fourth-order valence-electron chi connectivity index (χ4n) is 2.99. The minimum Gasteiger partial charge on any atom is -0.493 e. The second-order valence-corrected chi connectivity index (χ2v) is 7.31. The van der Waals surface area contributed by atoms with Crippen LogP contribution in [0.4, 0.5) is 8.78 Å². The summed E-state index contributed by atoms with van der Waals surface area (Å²) in [6.07, 6.45) is 0. The number of nitrogens with zero attached hydrogens (tertiary/aromatic N) is 2. The lowest BCUT2D eigenvalue weighted by Gasteiger charge is -2.12. The number of carbonyl (C=O) groups excluding carboxylic acids is 1. The van der Waals surface area contributed by atoms with Crippen LogP contribution in [-0.2, 0) is 13.1 Å². The topological polar surface area (TPSA) is 65.4 Å². The Morgan fingerprint density at radius 2 is 1.94 bits per heavy atom. The maximum absolute atomic E-state index is 12.7. The van der Waals surface area contributed by atoms with Crippen LogP contribution in [0.5, 0.6) is 11.5 Å². The molecule has 2 aromatic carbocycles. The second kappa shape index (κ2) is 9.98. The average Bonchev–Trinajstić information content (AvgIpc) is 3.01. The van der Waals surface area contributed by atoms with E-state index in [2.05, 4.69) is 15.2 Å². The van der Waals surface area contributed by atoms with Gasteiger partial charge in [-0.1, -0.05) is 47.5 Å². The molecule has 31 heavy (non-hydrogen) atoms. The summed E-state index contributed by atoms with van der Waals surface area (Å²) in [5, 5.41) is 7.86. The zero-order valence-electron chi connectivity index (χ0n) is 16.7. The number of hydrogen-bond acceptors (Lipinski definition) is 4. The van der Waals surface area contributed by atoms with E-state index in [0.29, 0.717) is 22.8 Å². The Kier molecular flexibility index (Phi) is 7.35.